The minimum absolute atomic E-state index is 0.199. The normalized spacial score (nSPS) is 10.6. The van der Waals surface area contributed by atoms with Crippen LogP contribution in [0.4, 0.5) is 0 Å². The van der Waals surface area contributed by atoms with Crippen LogP contribution in [0.2, 0.25) is 5.15 Å². The molecule has 2 aromatic carbocycles. The van der Waals surface area contributed by atoms with Gasteiger partial charge in [-0.3, -0.25) is 0 Å². The van der Waals surface area contributed by atoms with E-state index < -0.39 is 0 Å². The van der Waals surface area contributed by atoms with Gasteiger partial charge in [0.25, 0.3) is 0 Å². The second-order valence-corrected chi connectivity index (χ2v) is 5.56. The fourth-order valence-corrected chi connectivity index (χ4v) is 2.52. The number of nitrogens with zero attached hydrogens (tertiary/aromatic N) is 2. The van der Waals surface area contributed by atoms with Gasteiger partial charge in [0.2, 0.25) is 0 Å². The van der Waals surface area contributed by atoms with Crippen molar-refractivity contribution in [3.8, 4) is 28.4 Å². The van der Waals surface area contributed by atoms with Gasteiger partial charge < -0.3 is 5.11 Å². The summed E-state index contributed by atoms with van der Waals surface area (Å²) in [5.74, 6) is 0.715. The van der Waals surface area contributed by atoms with Crippen molar-refractivity contribution in [3.05, 3.63) is 64.2 Å². The summed E-state index contributed by atoms with van der Waals surface area (Å²) in [4.78, 5) is 8.86. The fourth-order valence-electron chi connectivity index (χ4n) is 1.95. The monoisotopic (exact) mass is 360 g/mol. The number of phenolic OH excluding ortho intramolecular Hbond substituents is 1. The molecule has 1 aromatic heterocycles. The predicted molar refractivity (Wildman–Crippen MR) is 87.3 cm³/mol. The molecule has 21 heavy (non-hydrogen) atoms. The fraction of sp³-hybridized carbons (Fsp3) is 0. The molecule has 0 bridgehead atoms. The van der Waals surface area contributed by atoms with Gasteiger partial charge in [-0.2, -0.15) is 0 Å². The van der Waals surface area contributed by atoms with Crippen LogP contribution < -0.4 is 0 Å². The van der Waals surface area contributed by atoms with Gasteiger partial charge in [0.05, 0.1) is 10.2 Å². The third-order valence-electron chi connectivity index (χ3n) is 2.98. The Kier molecular flexibility index (Phi) is 3.90. The number of rotatable bonds is 2. The van der Waals surface area contributed by atoms with E-state index in [1.807, 2.05) is 30.3 Å². The summed E-state index contributed by atoms with van der Waals surface area (Å²) in [7, 11) is 0. The first-order chi connectivity index (χ1) is 10.1. The Morgan fingerprint density at radius 2 is 1.52 bits per heavy atom. The maximum Gasteiger partial charge on any atom is 0.161 e. The highest BCUT2D eigenvalue weighted by molar-refractivity contribution is 9.10. The summed E-state index contributed by atoms with van der Waals surface area (Å²) in [6.07, 6.45) is 0. The Morgan fingerprint density at radius 3 is 2.19 bits per heavy atom. The van der Waals surface area contributed by atoms with Gasteiger partial charge in [-0.25, -0.2) is 9.97 Å². The quantitative estimate of drug-likeness (QED) is 0.658. The minimum Gasteiger partial charge on any atom is -0.508 e. The lowest BCUT2D eigenvalue weighted by Crippen LogP contribution is -1.95. The highest BCUT2D eigenvalue weighted by Gasteiger charge is 2.13. The minimum atomic E-state index is 0.199. The first-order valence-electron chi connectivity index (χ1n) is 6.23. The number of halogens is 2. The average Bonchev–Trinajstić information content (AvgIpc) is 2.51. The summed E-state index contributed by atoms with van der Waals surface area (Å²) in [6.45, 7) is 0. The van der Waals surface area contributed by atoms with E-state index in [-0.39, 0.29) is 5.75 Å². The van der Waals surface area contributed by atoms with Gasteiger partial charge in [-0.15, -0.1) is 0 Å². The van der Waals surface area contributed by atoms with Crippen molar-refractivity contribution < 1.29 is 5.11 Å². The lowest BCUT2D eigenvalue weighted by Gasteiger charge is -2.08. The van der Waals surface area contributed by atoms with Gasteiger partial charge in [0.1, 0.15) is 10.9 Å². The Morgan fingerprint density at radius 1 is 0.857 bits per heavy atom. The summed E-state index contributed by atoms with van der Waals surface area (Å²) >= 11 is 9.64. The van der Waals surface area contributed by atoms with E-state index in [1.54, 1.807) is 24.3 Å². The number of phenols is 1. The van der Waals surface area contributed by atoms with Gasteiger partial charge in [0, 0.05) is 11.1 Å². The molecular formula is C16H10BrClN2O. The smallest absolute Gasteiger partial charge is 0.161 e. The summed E-state index contributed by atoms with van der Waals surface area (Å²) in [5, 5.41) is 9.71. The van der Waals surface area contributed by atoms with Crippen LogP contribution in [0, 0.1) is 0 Å². The van der Waals surface area contributed by atoms with Crippen LogP contribution >= 0.6 is 27.5 Å². The van der Waals surface area contributed by atoms with Gasteiger partial charge >= 0.3 is 0 Å². The molecule has 0 unspecified atom stereocenters. The Hall–Kier alpha value is -1.91. The lowest BCUT2D eigenvalue weighted by atomic mass is 10.1. The van der Waals surface area contributed by atoms with Crippen LogP contribution in [0.5, 0.6) is 5.75 Å². The van der Waals surface area contributed by atoms with E-state index in [9.17, 15) is 5.11 Å². The molecule has 0 atom stereocenters. The molecule has 104 valence electrons. The topological polar surface area (TPSA) is 46.0 Å². The Balaban J connectivity index is 2.16. The molecule has 0 saturated heterocycles. The first-order valence-corrected chi connectivity index (χ1v) is 7.40. The lowest BCUT2D eigenvalue weighted by molar-refractivity contribution is 0.475. The number of hydrogen-bond acceptors (Lipinski definition) is 3. The number of aromatic hydroxyl groups is 1. The van der Waals surface area contributed by atoms with Crippen LogP contribution in [0.15, 0.2) is 59.1 Å². The molecule has 0 spiro atoms. The molecule has 0 amide bonds. The zero-order chi connectivity index (χ0) is 14.8. The molecule has 3 rings (SSSR count). The van der Waals surface area contributed by atoms with Crippen LogP contribution in [0.3, 0.4) is 0 Å². The molecule has 5 heteroatoms. The third kappa shape index (κ3) is 2.91. The van der Waals surface area contributed by atoms with E-state index in [1.165, 1.54) is 0 Å². The van der Waals surface area contributed by atoms with Crippen molar-refractivity contribution in [1.82, 2.24) is 9.97 Å². The van der Waals surface area contributed by atoms with Gasteiger partial charge in [-0.05, 0) is 40.2 Å². The molecule has 1 heterocycles. The maximum absolute atomic E-state index is 9.36. The van der Waals surface area contributed by atoms with Gasteiger partial charge in [0.15, 0.2) is 5.82 Å². The standard InChI is InChI=1S/C16H10BrClN2O/c17-13-14(10-4-2-1-3-5-10)19-16(20-15(13)18)11-6-8-12(21)9-7-11/h1-9,21H. The molecule has 0 aliphatic heterocycles. The van der Waals surface area contributed by atoms with Crippen LogP contribution in [-0.4, -0.2) is 15.1 Å². The van der Waals surface area contributed by atoms with Crippen molar-refractivity contribution in [2.45, 2.75) is 0 Å². The van der Waals surface area contributed by atoms with Crippen molar-refractivity contribution in [2.75, 3.05) is 0 Å². The van der Waals surface area contributed by atoms with E-state index in [0.717, 1.165) is 16.8 Å². The third-order valence-corrected chi connectivity index (χ3v) is 4.24. The van der Waals surface area contributed by atoms with Crippen molar-refractivity contribution >= 4 is 27.5 Å². The van der Waals surface area contributed by atoms with Crippen molar-refractivity contribution in [3.63, 3.8) is 0 Å². The molecule has 3 aromatic rings. The Bertz CT molecular complexity index is 776. The zero-order valence-corrected chi connectivity index (χ0v) is 13.1. The molecule has 3 nitrogen and oxygen atoms in total. The largest absolute Gasteiger partial charge is 0.508 e. The molecule has 0 saturated carbocycles. The van der Waals surface area contributed by atoms with E-state index in [2.05, 4.69) is 25.9 Å². The van der Waals surface area contributed by atoms with Crippen LogP contribution in [-0.2, 0) is 0 Å². The molecule has 1 N–H and O–H groups in total. The highest BCUT2D eigenvalue weighted by Crippen LogP contribution is 2.33. The maximum atomic E-state index is 9.36. The molecule has 0 aliphatic rings. The first kappa shape index (κ1) is 14.0. The second kappa shape index (κ2) is 5.84. The van der Waals surface area contributed by atoms with E-state index in [4.69, 9.17) is 11.6 Å². The average molecular weight is 362 g/mol. The number of benzene rings is 2. The zero-order valence-electron chi connectivity index (χ0n) is 10.8. The summed E-state index contributed by atoms with van der Waals surface area (Å²) < 4.78 is 0.665. The summed E-state index contributed by atoms with van der Waals surface area (Å²) in [6, 6.07) is 16.5. The Labute approximate surface area is 135 Å². The van der Waals surface area contributed by atoms with Gasteiger partial charge in [-0.1, -0.05) is 41.9 Å². The van der Waals surface area contributed by atoms with Crippen molar-refractivity contribution in [2.24, 2.45) is 0 Å². The molecule has 0 radical (unpaired) electrons. The number of aromatic nitrogens is 2. The predicted octanol–water partition coefficient (Wildman–Crippen LogP) is 4.93. The van der Waals surface area contributed by atoms with Crippen LogP contribution in [0.1, 0.15) is 0 Å². The van der Waals surface area contributed by atoms with Crippen LogP contribution in [0.25, 0.3) is 22.6 Å². The summed E-state index contributed by atoms with van der Waals surface area (Å²) in [5.41, 5.74) is 2.48. The molecule has 0 fully saturated rings. The number of hydrogen-bond donors (Lipinski definition) is 1. The van der Waals surface area contributed by atoms with E-state index in [0.29, 0.717) is 15.5 Å². The van der Waals surface area contributed by atoms with E-state index >= 15 is 0 Å². The molecular weight excluding hydrogens is 352 g/mol. The highest BCUT2D eigenvalue weighted by atomic mass is 79.9. The SMILES string of the molecule is Oc1ccc(-c2nc(Cl)c(Br)c(-c3ccccc3)n2)cc1. The second-order valence-electron chi connectivity index (χ2n) is 4.41. The molecule has 0 aliphatic carbocycles. The van der Waals surface area contributed by atoms with Crippen molar-refractivity contribution in [1.29, 1.82) is 0 Å².